The molecule has 31 heavy (non-hydrogen) atoms. The van der Waals surface area contributed by atoms with E-state index in [1.54, 1.807) is 42.5 Å². The lowest BCUT2D eigenvalue weighted by Gasteiger charge is -2.08. The number of sulfonamides is 1. The van der Waals surface area contributed by atoms with Crippen LogP contribution in [-0.4, -0.2) is 20.0 Å². The first kappa shape index (κ1) is 22.6. The lowest BCUT2D eigenvalue weighted by Crippen LogP contribution is -2.20. The van der Waals surface area contributed by atoms with Gasteiger partial charge in [0.15, 0.2) is 0 Å². The summed E-state index contributed by atoms with van der Waals surface area (Å²) in [5.74, 6) is -0.683. The summed E-state index contributed by atoms with van der Waals surface area (Å²) in [7, 11) is -3.90. The Morgan fingerprint density at radius 1 is 1.10 bits per heavy atom. The average molecular weight is 460 g/mol. The molecule has 0 bridgehead atoms. The summed E-state index contributed by atoms with van der Waals surface area (Å²) in [5, 5.41) is 8.67. The fourth-order valence-electron chi connectivity index (χ4n) is 2.96. The minimum atomic E-state index is -3.90. The molecular weight excluding hydrogens is 437 g/mol. The number of thiophene rings is 1. The van der Waals surface area contributed by atoms with E-state index in [9.17, 15) is 17.6 Å². The fourth-order valence-corrected chi connectivity index (χ4v) is 4.76. The lowest BCUT2D eigenvalue weighted by atomic mass is 10.1. The van der Waals surface area contributed by atoms with Gasteiger partial charge in [0.25, 0.3) is 15.9 Å². The Bertz CT molecular complexity index is 1220. The number of nitrogens with one attached hydrogen (secondary N) is 2. The second-order valence-electron chi connectivity index (χ2n) is 6.82. The highest BCUT2D eigenvalue weighted by Gasteiger charge is 2.15. The molecule has 0 spiro atoms. The van der Waals surface area contributed by atoms with Gasteiger partial charge in [-0.2, -0.15) is 18.4 Å². The number of nitrogens with zero attached hydrogens (tertiary/aromatic N) is 1. The van der Waals surface area contributed by atoms with Gasteiger partial charge in [-0.05, 0) is 67.8 Å². The number of hydrogen-bond donors (Lipinski definition) is 2. The molecule has 0 aliphatic heterocycles. The van der Waals surface area contributed by atoms with Gasteiger partial charge >= 0.3 is 0 Å². The van der Waals surface area contributed by atoms with Crippen LogP contribution in [0.2, 0.25) is 0 Å². The third kappa shape index (κ3) is 5.36. The second-order valence-corrected chi connectivity index (χ2v) is 9.56. The number of halogens is 1. The van der Waals surface area contributed by atoms with Crippen LogP contribution < -0.4 is 10.1 Å². The Morgan fingerprint density at radius 2 is 1.74 bits per heavy atom. The Labute approximate surface area is 184 Å². The summed E-state index contributed by atoms with van der Waals surface area (Å²) in [6, 6.07) is 11.4. The van der Waals surface area contributed by atoms with E-state index in [1.807, 2.05) is 19.2 Å². The molecule has 0 radical (unpaired) electrons. The largest absolute Gasteiger partial charge is 0.322 e. The molecule has 0 atom stereocenters. The summed E-state index contributed by atoms with van der Waals surface area (Å²) in [4.78, 5) is 15.8. The smallest absolute Gasteiger partial charge is 0.276 e. The van der Waals surface area contributed by atoms with Crippen LogP contribution in [0.1, 0.15) is 40.2 Å². The van der Waals surface area contributed by atoms with Crippen LogP contribution in [0.4, 0.5) is 10.1 Å². The highest BCUT2D eigenvalue weighted by molar-refractivity contribution is 7.89. The number of amides is 1. The SMILES string of the molecule is CCc1c(C(=O)Nc2ccc(/C(C)=N/NS(=O)(=O)c3ccc(F)cc3)cc2)csc1C. The van der Waals surface area contributed by atoms with Gasteiger partial charge in [-0.25, -0.2) is 4.39 Å². The molecule has 0 saturated heterocycles. The Balaban J connectivity index is 1.69. The van der Waals surface area contributed by atoms with Crippen molar-refractivity contribution in [2.45, 2.75) is 32.1 Å². The molecule has 0 saturated carbocycles. The molecule has 0 unspecified atom stereocenters. The number of anilines is 1. The van der Waals surface area contributed by atoms with Gasteiger partial charge in [0.1, 0.15) is 5.82 Å². The van der Waals surface area contributed by atoms with Gasteiger partial charge in [0.2, 0.25) is 0 Å². The molecule has 0 aliphatic rings. The molecule has 162 valence electrons. The van der Waals surface area contributed by atoms with Gasteiger partial charge in [0.05, 0.1) is 16.2 Å². The number of hydrogen-bond acceptors (Lipinski definition) is 5. The van der Waals surface area contributed by atoms with E-state index in [1.165, 1.54) is 12.1 Å². The molecule has 2 aromatic carbocycles. The zero-order chi connectivity index (χ0) is 22.6. The Kier molecular flexibility index (Phi) is 6.87. The molecule has 9 heteroatoms. The predicted molar refractivity (Wildman–Crippen MR) is 122 cm³/mol. The molecule has 3 aromatic rings. The van der Waals surface area contributed by atoms with Gasteiger partial charge in [0, 0.05) is 15.9 Å². The van der Waals surface area contributed by atoms with E-state index in [0.29, 0.717) is 22.5 Å². The number of hydrazone groups is 1. The maximum absolute atomic E-state index is 13.0. The zero-order valence-corrected chi connectivity index (χ0v) is 18.9. The average Bonchev–Trinajstić information content (AvgIpc) is 3.13. The van der Waals surface area contributed by atoms with Gasteiger partial charge < -0.3 is 5.32 Å². The number of carbonyl (C=O) groups excluding carboxylic acids is 1. The zero-order valence-electron chi connectivity index (χ0n) is 17.3. The first-order chi connectivity index (χ1) is 14.7. The first-order valence-electron chi connectivity index (χ1n) is 9.51. The normalized spacial score (nSPS) is 11.9. The van der Waals surface area contributed by atoms with E-state index in [0.717, 1.165) is 29.0 Å². The van der Waals surface area contributed by atoms with Crippen molar-refractivity contribution in [1.29, 1.82) is 0 Å². The summed E-state index contributed by atoms with van der Waals surface area (Å²) in [6.07, 6.45) is 0.792. The molecule has 1 amide bonds. The third-order valence-electron chi connectivity index (χ3n) is 4.72. The van der Waals surface area contributed by atoms with Gasteiger partial charge in [-0.3, -0.25) is 4.79 Å². The number of benzene rings is 2. The van der Waals surface area contributed by atoms with Gasteiger partial charge in [-0.1, -0.05) is 19.1 Å². The van der Waals surface area contributed by atoms with Crippen LogP contribution in [-0.2, 0) is 16.4 Å². The van der Waals surface area contributed by atoms with Crippen molar-refractivity contribution >= 4 is 38.7 Å². The molecule has 2 N–H and O–H groups in total. The monoisotopic (exact) mass is 459 g/mol. The quantitative estimate of drug-likeness (QED) is 0.396. The summed E-state index contributed by atoms with van der Waals surface area (Å²) in [5.41, 5.74) is 3.47. The molecule has 3 rings (SSSR count). The van der Waals surface area contributed by atoms with Crippen LogP contribution in [0.15, 0.2) is 63.9 Å². The number of aryl methyl sites for hydroxylation is 1. The summed E-state index contributed by atoms with van der Waals surface area (Å²) < 4.78 is 37.5. The third-order valence-corrected chi connectivity index (χ3v) is 6.90. The Morgan fingerprint density at radius 3 is 2.35 bits per heavy atom. The molecule has 6 nitrogen and oxygen atoms in total. The van der Waals surface area contributed by atoms with Crippen LogP contribution in [0.25, 0.3) is 0 Å². The van der Waals surface area contributed by atoms with Crippen molar-refractivity contribution in [1.82, 2.24) is 4.83 Å². The lowest BCUT2D eigenvalue weighted by molar-refractivity contribution is 0.102. The number of carbonyl (C=O) groups is 1. The van der Waals surface area contributed by atoms with E-state index in [-0.39, 0.29) is 10.8 Å². The van der Waals surface area contributed by atoms with Crippen LogP contribution >= 0.6 is 11.3 Å². The molecular formula is C22H22FN3O3S2. The summed E-state index contributed by atoms with van der Waals surface area (Å²) in [6.45, 7) is 5.68. The molecule has 0 fully saturated rings. The minimum absolute atomic E-state index is 0.0846. The Hall–Kier alpha value is -3.04. The van der Waals surface area contributed by atoms with Gasteiger partial charge in [-0.15, -0.1) is 11.3 Å². The topological polar surface area (TPSA) is 87.6 Å². The predicted octanol–water partition coefficient (Wildman–Crippen LogP) is 4.71. The maximum Gasteiger partial charge on any atom is 0.276 e. The van der Waals surface area contributed by atoms with E-state index in [4.69, 9.17) is 0 Å². The maximum atomic E-state index is 13.0. The fraction of sp³-hybridized carbons (Fsp3) is 0.182. The first-order valence-corrected chi connectivity index (χ1v) is 11.9. The van der Waals surface area contributed by atoms with Crippen molar-refractivity contribution in [3.8, 4) is 0 Å². The minimum Gasteiger partial charge on any atom is -0.322 e. The van der Waals surface area contributed by atoms with Crippen molar-refractivity contribution in [2.75, 3.05) is 5.32 Å². The van der Waals surface area contributed by atoms with E-state index < -0.39 is 15.8 Å². The standard InChI is InChI=1S/C22H22FN3O3S2/c1-4-20-15(3)30-13-21(20)22(27)24-18-9-5-16(6-10-18)14(2)25-26-31(28,29)19-11-7-17(23)8-12-19/h5-13,26H,4H2,1-3H3,(H,24,27)/b25-14+. The molecule has 1 heterocycles. The van der Waals surface area contributed by atoms with Crippen molar-refractivity contribution in [2.24, 2.45) is 5.10 Å². The highest BCUT2D eigenvalue weighted by Crippen LogP contribution is 2.23. The number of rotatable bonds is 7. The van der Waals surface area contributed by atoms with Crippen molar-refractivity contribution < 1.29 is 17.6 Å². The van der Waals surface area contributed by atoms with Crippen LogP contribution in [0.5, 0.6) is 0 Å². The van der Waals surface area contributed by atoms with Crippen LogP contribution in [0, 0.1) is 12.7 Å². The highest BCUT2D eigenvalue weighted by atomic mass is 32.2. The van der Waals surface area contributed by atoms with Crippen LogP contribution in [0.3, 0.4) is 0 Å². The molecule has 0 aliphatic carbocycles. The summed E-state index contributed by atoms with van der Waals surface area (Å²) >= 11 is 1.56. The molecule has 1 aromatic heterocycles. The van der Waals surface area contributed by atoms with E-state index in [2.05, 4.69) is 15.2 Å². The van der Waals surface area contributed by atoms with Crippen molar-refractivity contribution in [3.63, 3.8) is 0 Å². The van der Waals surface area contributed by atoms with Crippen molar-refractivity contribution in [3.05, 3.63) is 81.3 Å². The second kappa shape index (κ2) is 9.40. The van der Waals surface area contributed by atoms with E-state index >= 15 is 0 Å².